The van der Waals surface area contributed by atoms with E-state index in [1.54, 1.807) is 12.1 Å². The van der Waals surface area contributed by atoms with Crippen molar-refractivity contribution >= 4 is 51.7 Å². The molecule has 1 rings (SSSR count). The Balaban J connectivity index is 2.79. The highest BCUT2D eigenvalue weighted by Crippen LogP contribution is 2.18. The number of benzene rings is 1. The van der Waals surface area contributed by atoms with Crippen LogP contribution in [0.4, 0.5) is 0 Å². The summed E-state index contributed by atoms with van der Waals surface area (Å²) in [4.78, 5) is 12.0. The number of halogens is 3. The fraction of sp³-hybridized carbons (Fsp3) is 0.417. The van der Waals surface area contributed by atoms with Crippen molar-refractivity contribution in [3.05, 3.63) is 32.4 Å². The fourth-order valence-corrected chi connectivity index (χ4v) is 2.25. The zero-order valence-electron chi connectivity index (χ0n) is 9.64. The number of hydrogen-bond donors (Lipinski definition) is 1. The monoisotopic (exact) mass is 385 g/mol. The summed E-state index contributed by atoms with van der Waals surface area (Å²) in [5.41, 5.74) is 0.603. The lowest BCUT2D eigenvalue weighted by molar-refractivity contribution is 0.0930. The van der Waals surface area contributed by atoms with Crippen molar-refractivity contribution < 1.29 is 4.79 Å². The largest absolute Gasteiger partial charge is 0.349 e. The lowest BCUT2D eigenvalue weighted by atomic mass is 10.1. The highest BCUT2D eigenvalue weighted by Gasteiger charge is 2.16. The molecule has 0 aliphatic heterocycles. The highest BCUT2D eigenvalue weighted by molar-refractivity contribution is 14.1. The van der Waals surface area contributed by atoms with E-state index < -0.39 is 0 Å². The van der Waals surface area contributed by atoms with Gasteiger partial charge in [0.1, 0.15) is 0 Å². The molecule has 0 radical (unpaired) electrons. The smallest absolute Gasteiger partial charge is 0.252 e. The van der Waals surface area contributed by atoms with Crippen molar-refractivity contribution in [3.63, 3.8) is 0 Å². The summed E-state index contributed by atoms with van der Waals surface area (Å²) in [7, 11) is 0. The summed E-state index contributed by atoms with van der Waals surface area (Å²) >= 11 is 13.8. The predicted molar refractivity (Wildman–Crippen MR) is 81.0 cm³/mol. The van der Waals surface area contributed by atoms with E-state index in [2.05, 4.69) is 27.9 Å². The Hall–Kier alpha value is -0.000000000000000111. The average Bonchev–Trinajstić information content (AvgIpc) is 2.30. The molecule has 0 saturated carbocycles. The molecule has 1 N–H and O–H groups in total. The number of amides is 1. The summed E-state index contributed by atoms with van der Waals surface area (Å²) in [6.45, 7) is 3.95. The summed E-state index contributed by atoms with van der Waals surface area (Å²) in [6.07, 6.45) is 0. The van der Waals surface area contributed by atoms with Crippen molar-refractivity contribution in [3.8, 4) is 0 Å². The maximum Gasteiger partial charge on any atom is 0.252 e. The molecule has 0 saturated heterocycles. The van der Waals surface area contributed by atoms with Crippen LogP contribution in [0.5, 0.6) is 0 Å². The molecule has 17 heavy (non-hydrogen) atoms. The molecular formula is C12H14Cl2INO. The van der Waals surface area contributed by atoms with E-state index in [-0.39, 0.29) is 17.9 Å². The van der Waals surface area contributed by atoms with Crippen molar-refractivity contribution in [2.24, 2.45) is 5.92 Å². The minimum Gasteiger partial charge on any atom is -0.349 e. The summed E-state index contributed by atoms with van der Waals surface area (Å²) in [5.74, 6) is 0.646. The van der Waals surface area contributed by atoms with Crippen LogP contribution in [0, 0.1) is 9.49 Å². The second-order valence-electron chi connectivity index (χ2n) is 4.02. The van der Waals surface area contributed by atoms with Gasteiger partial charge in [0.05, 0.1) is 5.56 Å². The number of carbonyl (C=O) groups excluding carboxylic acids is 1. The van der Waals surface area contributed by atoms with Gasteiger partial charge in [-0.2, -0.15) is 0 Å². The van der Waals surface area contributed by atoms with Crippen LogP contribution in [0.15, 0.2) is 18.2 Å². The van der Waals surface area contributed by atoms with Crippen LogP contribution in [-0.2, 0) is 0 Å². The van der Waals surface area contributed by atoms with E-state index >= 15 is 0 Å². The first-order valence-electron chi connectivity index (χ1n) is 5.27. The quantitative estimate of drug-likeness (QED) is 0.617. The van der Waals surface area contributed by atoms with Gasteiger partial charge in [0.25, 0.3) is 5.91 Å². The van der Waals surface area contributed by atoms with Crippen molar-refractivity contribution in [2.45, 2.75) is 19.9 Å². The standard InChI is InChI=1S/C12H14Cl2INO/c1-7(6-13)8(2)16-12(17)10-5-9(14)3-4-11(10)15/h3-5,7-8H,6H2,1-2H3,(H,16,17). The molecule has 2 atom stereocenters. The normalized spacial score (nSPS) is 14.2. The van der Waals surface area contributed by atoms with Crippen LogP contribution in [0.25, 0.3) is 0 Å². The van der Waals surface area contributed by atoms with E-state index in [1.165, 1.54) is 0 Å². The van der Waals surface area contributed by atoms with Gasteiger partial charge in [0, 0.05) is 20.5 Å². The topological polar surface area (TPSA) is 29.1 Å². The highest BCUT2D eigenvalue weighted by atomic mass is 127. The van der Waals surface area contributed by atoms with E-state index in [9.17, 15) is 4.79 Å². The molecule has 1 amide bonds. The predicted octanol–water partition coefficient (Wildman–Crippen LogP) is 3.94. The zero-order chi connectivity index (χ0) is 13.0. The second-order valence-corrected chi connectivity index (χ2v) is 5.93. The molecule has 0 heterocycles. The minimum atomic E-state index is -0.110. The van der Waals surface area contributed by atoms with Gasteiger partial charge in [-0.15, -0.1) is 11.6 Å². The first-order valence-corrected chi connectivity index (χ1v) is 7.26. The van der Waals surface area contributed by atoms with E-state index in [4.69, 9.17) is 23.2 Å². The third-order valence-electron chi connectivity index (χ3n) is 2.63. The molecule has 0 bridgehead atoms. The molecule has 1 aromatic carbocycles. The zero-order valence-corrected chi connectivity index (χ0v) is 13.3. The van der Waals surface area contributed by atoms with Crippen molar-refractivity contribution in [1.82, 2.24) is 5.32 Å². The Morgan fingerprint density at radius 1 is 1.47 bits per heavy atom. The molecule has 5 heteroatoms. The summed E-state index contributed by atoms with van der Waals surface area (Å²) in [5, 5.41) is 3.49. The molecule has 0 aliphatic carbocycles. The summed E-state index contributed by atoms with van der Waals surface area (Å²) in [6, 6.07) is 5.31. The van der Waals surface area contributed by atoms with Gasteiger partial charge >= 0.3 is 0 Å². The Morgan fingerprint density at radius 3 is 2.71 bits per heavy atom. The van der Waals surface area contributed by atoms with Crippen LogP contribution in [0.2, 0.25) is 5.02 Å². The van der Waals surface area contributed by atoms with Gasteiger partial charge in [-0.1, -0.05) is 18.5 Å². The fourth-order valence-electron chi connectivity index (χ4n) is 1.23. The number of hydrogen-bond acceptors (Lipinski definition) is 1. The van der Waals surface area contributed by atoms with Gasteiger partial charge in [-0.05, 0) is 53.6 Å². The molecule has 0 aliphatic rings. The molecule has 0 spiro atoms. The lowest BCUT2D eigenvalue weighted by Crippen LogP contribution is -2.38. The number of alkyl halides is 1. The maximum absolute atomic E-state index is 12.0. The Kier molecular flexibility index (Phi) is 6.03. The van der Waals surface area contributed by atoms with Gasteiger partial charge in [-0.25, -0.2) is 0 Å². The molecule has 1 aromatic rings. The molecule has 0 fully saturated rings. The lowest BCUT2D eigenvalue weighted by Gasteiger charge is -2.19. The van der Waals surface area contributed by atoms with Gasteiger partial charge in [0.2, 0.25) is 0 Å². The van der Waals surface area contributed by atoms with E-state index in [0.29, 0.717) is 16.5 Å². The SMILES string of the molecule is CC(CCl)C(C)NC(=O)c1cc(Cl)ccc1I. The number of carbonyl (C=O) groups is 1. The Bertz CT molecular complexity index is 411. The van der Waals surface area contributed by atoms with Crippen LogP contribution in [0.3, 0.4) is 0 Å². The Labute approximate surface area is 125 Å². The van der Waals surface area contributed by atoms with E-state index in [1.807, 2.05) is 19.9 Å². The van der Waals surface area contributed by atoms with Crippen molar-refractivity contribution in [1.29, 1.82) is 0 Å². The average molecular weight is 386 g/mol. The van der Waals surface area contributed by atoms with Gasteiger partial charge in [-0.3, -0.25) is 4.79 Å². The van der Waals surface area contributed by atoms with Crippen LogP contribution >= 0.6 is 45.8 Å². The molecular weight excluding hydrogens is 372 g/mol. The number of rotatable bonds is 4. The molecule has 0 aromatic heterocycles. The van der Waals surface area contributed by atoms with E-state index in [0.717, 1.165) is 3.57 Å². The first-order chi connectivity index (χ1) is 7.95. The maximum atomic E-state index is 12.0. The third-order valence-corrected chi connectivity index (χ3v) is 4.29. The first kappa shape index (κ1) is 15.1. The van der Waals surface area contributed by atoms with Crippen molar-refractivity contribution in [2.75, 3.05) is 5.88 Å². The summed E-state index contributed by atoms with van der Waals surface area (Å²) < 4.78 is 0.884. The second kappa shape index (κ2) is 6.81. The Morgan fingerprint density at radius 2 is 2.12 bits per heavy atom. The number of nitrogens with one attached hydrogen (secondary N) is 1. The van der Waals surface area contributed by atoms with Crippen LogP contribution in [0.1, 0.15) is 24.2 Å². The molecule has 2 nitrogen and oxygen atoms in total. The molecule has 2 unspecified atom stereocenters. The minimum absolute atomic E-state index is 0.0368. The van der Waals surface area contributed by atoms with Crippen LogP contribution in [-0.4, -0.2) is 17.8 Å². The van der Waals surface area contributed by atoms with Gasteiger partial charge < -0.3 is 5.32 Å². The van der Waals surface area contributed by atoms with Crippen LogP contribution < -0.4 is 5.32 Å². The third kappa shape index (κ3) is 4.30. The molecule has 94 valence electrons. The van der Waals surface area contributed by atoms with Gasteiger partial charge in [0.15, 0.2) is 0 Å².